The van der Waals surface area contributed by atoms with Gasteiger partial charge in [0.05, 0.1) is 0 Å². The zero-order valence-corrected chi connectivity index (χ0v) is 9.25. The van der Waals surface area contributed by atoms with E-state index in [2.05, 4.69) is 18.3 Å². The first-order valence-electron chi connectivity index (χ1n) is 5.42. The van der Waals surface area contributed by atoms with Gasteiger partial charge < -0.3 is 5.32 Å². The van der Waals surface area contributed by atoms with Gasteiger partial charge in [0.1, 0.15) is 0 Å². The van der Waals surface area contributed by atoms with Crippen LogP contribution >= 0.6 is 0 Å². The van der Waals surface area contributed by atoms with Crippen molar-refractivity contribution in [3.05, 3.63) is 24.3 Å². The molecule has 0 aliphatic heterocycles. The van der Waals surface area contributed by atoms with Crippen LogP contribution in [0.4, 0.5) is 0 Å². The molecule has 0 rings (SSSR count). The molecule has 0 radical (unpaired) electrons. The predicted octanol–water partition coefficient (Wildman–Crippen LogP) is 2.82. The van der Waals surface area contributed by atoms with Gasteiger partial charge in [-0.1, -0.05) is 38.0 Å². The average molecular weight is 195 g/mol. The van der Waals surface area contributed by atoms with Crippen molar-refractivity contribution in [2.75, 3.05) is 6.54 Å². The normalized spacial score (nSPS) is 11.3. The van der Waals surface area contributed by atoms with Crippen LogP contribution in [0.25, 0.3) is 0 Å². The van der Waals surface area contributed by atoms with Crippen molar-refractivity contribution in [1.29, 1.82) is 0 Å². The minimum Gasteiger partial charge on any atom is -0.353 e. The van der Waals surface area contributed by atoms with Crippen LogP contribution in [-0.4, -0.2) is 12.5 Å². The van der Waals surface area contributed by atoms with E-state index in [0.29, 0.717) is 6.54 Å². The van der Waals surface area contributed by atoms with E-state index in [4.69, 9.17) is 0 Å². The summed E-state index contributed by atoms with van der Waals surface area (Å²) in [4.78, 5) is 10.9. The van der Waals surface area contributed by atoms with Gasteiger partial charge in [0.2, 0.25) is 5.91 Å². The van der Waals surface area contributed by atoms with Crippen LogP contribution in [0.2, 0.25) is 0 Å². The van der Waals surface area contributed by atoms with Crippen molar-refractivity contribution in [3.8, 4) is 0 Å². The molecule has 14 heavy (non-hydrogen) atoms. The van der Waals surface area contributed by atoms with Gasteiger partial charge >= 0.3 is 0 Å². The molecule has 1 N–H and O–H groups in total. The number of rotatable bonds is 7. The Morgan fingerprint density at radius 1 is 1.21 bits per heavy atom. The summed E-state index contributed by atoms with van der Waals surface area (Å²) in [5.41, 5.74) is 0. The fraction of sp³-hybridized carbons (Fsp3) is 0.583. The highest BCUT2D eigenvalue weighted by molar-refractivity contribution is 5.87. The molecule has 0 unspecified atom stereocenters. The van der Waals surface area contributed by atoms with E-state index in [-0.39, 0.29) is 5.91 Å². The fourth-order valence-electron chi connectivity index (χ4n) is 1.06. The lowest BCUT2D eigenvalue weighted by Gasteiger charge is -1.92. The van der Waals surface area contributed by atoms with E-state index >= 15 is 0 Å². The van der Waals surface area contributed by atoms with Gasteiger partial charge in [0, 0.05) is 12.6 Å². The second-order valence-electron chi connectivity index (χ2n) is 3.18. The second-order valence-corrected chi connectivity index (χ2v) is 3.18. The lowest BCUT2D eigenvalue weighted by Crippen LogP contribution is -2.19. The highest BCUT2D eigenvalue weighted by Gasteiger charge is 1.87. The Bertz CT molecular complexity index is 194. The molecule has 0 aliphatic rings. The maximum absolute atomic E-state index is 10.9. The molecule has 0 aromatic carbocycles. The number of carbonyl (C=O) groups is 1. The maximum Gasteiger partial charge on any atom is 0.243 e. The van der Waals surface area contributed by atoms with Gasteiger partial charge in [-0.15, -0.1) is 0 Å². The molecule has 0 atom stereocenters. The summed E-state index contributed by atoms with van der Waals surface area (Å²) in [6, 6.07) is 0. The standard InChI is InChI=1S/C12H21NO/c1-3-5-6-7-8-9-10-11-12(14)13-4-2/h8-11H,3-7H2,1-2H3,(H,13,14). The quantitative estimate of drug-likeness (QED) is 0.378. The molecular formula is C12H21NO. The summed E-state index contributed by atoms with van der Waals surface area (Å²) in [7, 11) is 0. The van der Waals surface area contributed by atoms with Gasteiger partial charge in [-0.3, -0.25) is 4.79 Å². The summed E-state index contributed by atoms with van der Waals surface area (Å²) in [5.74, 6) is -0.0225. The van der Waals surface area contributed by atoms with E-state index in [0.717, 1.165) is 6.42 Å². The molecule has 1 amide bonds. The fourth-order valence-corrected chi connectivity index (χ4v) is 1.06. The number of allylic oxidation sites excluding steroid dienone is 3. The lowest BCUT2D eigenvalue weighted by molar-refractivity contribution is -0.116. The van der Waals surface area contributed by atoms with Crippen molar-refractivity contribution in [2.45, 2.75) is 39.5 Å². The number of likely N-dealkylation sites (N-methyl/N-ethyl adjacent to an activating group) is 1. The number of carbonyl (C=O) groups excluding carboxylic acids is 1. The molecule has 0 bridgehead atoms. The van der Waals surface area contributed by atoms with Crippen LogP contribution in [0.3, 0.4) is 0 Å². The Balaban J connectivity index is 3.45. The maximum atomic E-state index is 10.9. The van der Waals surface area contributed by atoms with Crippen LogP contribution in [0, 0.1) is 0 Å². The molecule has 0 saturated carbocycles. The smallest absolute Gasteiger partial charge is 0.243 e. The van der Waals surface area contributed by atoms with Gasteiger partial charge in [0.25, 0.3) is 0 Å². The third kappa shape index (κ3) is 9.04. The van der Waals surface area contributed by atoms with Crippen LogP contribution in [0.15, 0.2) is 24.3 Å². The highest BCUT2D eigenvalue weighted by atomic mass is 16.1. The topological polar surface area (TPSA) is 29.1 Å². The molecule has 0 heterocycles. The van der Waals surface area contributed by atoms with Gasteiger partial charge in [0.15, 0.2) is 0 Å². The first-order valence-corrected chi connectivity index (χ1v) is 5.42. The van der Waals surface area contributed by atoms with Crippen LogP contribution < -0.4 is 5.32 Å². The number of unbranched alkanes of at least 4 members (excludes halogenated alkanes) is 3. The summed E-state index contributed by atoms with van der Waals surface area (Å²) in [5, 5.41) is 2.70. The number of hydrogen-bond donors (Lipinski definition) is 1. The van der Waals surface area contributed by atoms with Gasteiger partial charge in [-0.2, -0.15) is 0 Å². The Labute approximate surface area is 87.1 Å². The minimum absolute atomic E-state index is 0.0225. The van der Waals surface area contributed by atoms with E-state index in [1.54, 1.807) is 12.2 Å². The molecule has 80 valence electrons. The summed E-state index contributed by atoms with van der Waals surface area (Å²) < 4.78 is 0. The van der Waals surface area contributed by atoms with Crippen LogP contribution in [0.5, 0.6) is 0 Å². The molecule has 0 aliphatic carbocycles. The second kappa shape index (κ2) is 10.0. The zero-order chi connectivity index (χ0) is 10.6. The van der Waals surface area contributed by atoms with Crippen molar-refractivity contribution in [3.63, 3.8) is 0 Å². The molecule has 0 fully saturated rings. The lowest BCUT2D eigenvalue weighted by atomic mass is 10.2. The molecular weight excluding hydrogens is 174 g/mol. The molecule has 0 saturated heterocycles. The first kappa shape index (κ1) is 12.9. The van der Waals surface area contributed by atoms with Crippen LogP contribution in [-0.2, 0) is 4.79 Å². The monoisotopic (exact) mass is 195 g/mol. The highest BCUT2D eigenvalue weighted by Crippen LogP contribution is 1.99. The summed E-state index contributed by atoms with van der Waals surface area (Å²) >= 11 is 0. The summed E-state index contributed by atoms with van der Waals surface area (Å²) in [6.07, 6.45) is 12.3. The van der Waals surface area contributed by atoms with E-state index < -0.39 is 0 Å². The predicted molar refractivity (Wildman–Crippen MR) is 61.1 cm³/mol. The number of amides is 1. The van der Waals surface area contributed by atoms with Gasteiger partial charge in [-0.05, 0) is 19.8 Å². The Morgan fingerprint density at radius 2 is 2.00 bits per heavy atom. The van der Waals surface area contributed by atoms with E-state index in [9.17, 15) is 4.79 Å². The molecule has 0 aromatic heterocycles. The largest absolute Gasteiger partial charge is 0.353 e. The van der Waals surface area contributed by atoms with Crippen molar-refractivity contribution < 1.29 is 4.79 Å². The van der Waals surface area contributed by atoms with Crippen molar-refractivity contribution >= 4 is 5.91 Å². The summed E-state index contributed by atoms with van der Waals surface area (Å²) in [6.45, 7) is 4.79. The first-order chi connectivity index (χ1) is 6.81. The molecule has 0 spiro atoms. The van der Waals surface area contributed by atoms with Crippen LogP contribution in [0.1, 0.15) is 39.5 Å². The minimum atomic E-state index is -0.0225. The van der Waals surface area contributed by atoms with E-state index in [1.807, 2.05) is 13.0 Å². The Kier molecular flexibility index (Phi) is 9.28. The van der Waals surface area contributed by atoms with Crippen molar-refractivity contribution in [1.82, 2.24) is 5.32 Å². The zero-order valence-electron chi connectivity index (χ0n) is 9.25. The number of nitrogens with one attached hydrogen (secondary N) is 1. The van der Waals surface area contributed by atoms with E-state index in [1.165, 1.54) is 19.3 Å². The molecule has 0 aromatic rings. The molecule has 2 nitrogen and oxygen atoms in total. The SMILES string of the molecule is CCCCCC=CC=CC(=O)NCC. The average Bonchev–Trinajstić information content (AvgIpc) is 2.17. The third-order valence-corrected chi connectivity index (χ3v) is 1.82. The third-order valence-electron chi connectivity index (χ3n) is 1.82. The number of hydrogen-bond acceptors (Lipinski definition) is 1. The Hall–Kier alpha value is -1.05. The molecule has 2 heteroatoms. The van der Waals surface area contributed by atoms with Crippen molar-refractivity contribution in [2.24, 2.45) is 0 Å². The van der Waals surface area contributed by atoms with Gasteiger partial charge in [-0.25, -0.2) is 0 Å². The Morgan fingerprint density at radius 3 is 2.64 bits per heavy atom.